The molecule has 0 spiro atoms. The number of carboxylic acids is 1. The van der Waals surface area contributed by atoms with E-state index in [1.165, 1.54) is 0 Å². The van der Waals surface area contributed by atoms with E-state index >= 15 is 0 Å². The second kappa shape index (κ2) is 5.75. The van der Waals surface area contributed by atoms with Crippen molar-refractivity contribution >= 4 is 5.97 Å². The zero-order chi connectivity index (χ0) is 8.69. The molecule has 0 saturated heterocycles. The van der Waals surface area contributed by atoms with Gasteiger partial charge in [0.05, 0.1) is 6.54 Å². The van der Waals surface area contributed by atoms with Gasteiger partial charge in [0.1, 0.15) is 0 Å². The van der Waals surface area contributed by atoms with Gasteiger partial charge in [0, 0.05) is 5.92 Å². The molecule has 0 aromatic carbocycles. The second-order valence-electron chi connectivity index (χ2n) is 2.07. The molecule has 62 valence electrons. The van der Waals surface area contributed by atoms with Gasteiger partial charge >= 0.3 is 5.97 Å². The minimum atomic E-state index is -1.06. The minimum absolute atomic E-state index is 0.541. The van der Waals surface area contributed by atoms with Crippen LogP contribution in [-0.2, 0) is 4.79 Å². The van der Waals surface area contributed by atoms with Gasteiger partial charge in [-0.25, -0.2) is 4.79 Å². The molecule has 0 aliphatic heterocycles. The molecule has 0 aliphatic carbocycles. The lowest BCUT2D eigenvalue weighted by atomic mass is 10.4. The lowest BCUT2D eigenvalue weighted by Crippen LogP contribution is -2.23. The first-order chi connectivity index (χ1) is 5.20. The van der Waals surface area contributed by atoms with E-state index < -0.39 is 5.97 Å². The van der Waals surface area contributed by atoms with Crippen LogP contribution in [0.3, 0.4) is 0 Å². The van der Waals surface area contributed by atoms with E-state index in [-0.39, 0.29) is 0 Å². The Balaban J connectivity index is 3.69. The average Bonchev–Trinajstić information content (AvgIpc) is 1.98. The maximum absolute atomic E-state index is 9.97. The highest BCUT2D eigenvalue weighted by atomic mass is 16.4. The predicted octanol–water partition coefficient (Wildman–Crippen LogP) is 0.416. The molecule has 0 radical (unpaired) electrons. The molecule has 0 fully saturated rings. The van der Waals surface area contributed by atoms with Crippen LogP contribution >= 0.6 is 0 Å². The van der Waals surface area contributed by atoms with E-state index in [1.807, 2.05) is 13.8 Å². The van der Waals surface area contributed by atoms with Gasteiger partial charge in [-0.2, -0.15) is 0 Å². The van der Waals surface area contributed by atoms with Gasteiger partial charge in [0.2, 0.25) is 0 Å². The Kier molecular flexibility index (Phi) is 5.22. The lowest BCUT2D eigenvalue weighted by Gasteiger charge is -2.12. The normalized spacial score (nSPS) is 9.00. The van der Waals surface area contributed by atoms with Gasteiger partial charge < -0.3 is 5.11 Å². The van der Waals surface area contributed by atoms with Gasteiger partial charge in [-0.05, 0) is 13.1 Å². The van der Waals surface area contributed by atoms with Crippen molar-refractivity contribution in [3.05, 3.63) is 0 Å². The van der Waals surface area contributed by atoms with Crippen molar-refractivity contribution in [3.63, 3.8) is 0 Å². The summed E-state index contributed by atoms with van der Waals surface area (Å²) in [6, 6.07) is 0. The average molecular weight is 155 g/mol. The van der Waals surface area contributed by atoms with Crippen molar-refractivity contribution in [1.82, 2.24) is 4.90 Å². The molecule has 0 amide bonds. The summed E-state index contributed by atoms with van der Waals surface area (Å²) in [5.41, 5.74) is 0. The number of nitrogens with zero attached hydrogens (tertiary/aromatic N) is 1. The highest BCUT2D eigenvalue weighted by Gasteiger charge is 1.93. The molecule has 0 aromatic heterocycles. The molecule has 0 bridgehead atoms. The molecule has 0 aliphatic rings. The third kappa shape index (κ3) is 5.43. The summed E-state index contributed by atoms with van der Waals surface area (Å²) in [6.07, 6.45) is 0. The molecule has 0 heterocycles. The van der Waals surface area contributed by atoms with Gasteiger partial charge in [-0.1, -0.05) is 19.8 Å². The van der Waals surface area contributed by atoms with Crippen molar-refractivity contribution in [2.24, 2.45) is 0 Å². The molecule has 3 heteroatoms. The van der Waals surface area contributed by atoms with Crippen molar-refractivity contribution in [3.8, 4) is 11.8 Å². The van der Waals surface area contributed by atoms with Gasteiger partial charge in [-0.15, -0.1) is 0 Å². The molecule has 0 saturated carbocycles. The topological polar surface area (TPSA) is 40.5 Å². The van der Waals surface area contributed by atoms with Gasteiger partial charge in [-0.3, -0.25) is 4.90 Å². The van der Waals surface area contributed by atoms with Gasteiger partial charge in [0.15, 0.2) is 0 Å². The number of rotatable bonds is 3. The van der Waals surface area contributed by atoms with Crippen molar-refractivity contribution < 1.29 is 9.90 Å². The second-order valence-corrected chi connectivity index (χ2v) is 2.07. The van der Waals surface area contributed by atoms with E-state index in [9.17, 15) is 4.79 Å². The maximum atomic E-state index is 9.97. The molecular weight excluding hydrogens is 142 g/mol. The Morgan fingerprint density at radius 1 is 1.45 bits per heavy atom. The Morgan fingerprint density at radius 3 is 2.36 bits per heavy atom. The van der Waals surface area contributed by atoms with Crippen LogP contribution in [0.4, 0.5) is 0 Å². The fraction of sp³-hybridized carbons (Fsp3) is 0.625. The highest BCUT2D eigenvalue weighted by Crippen LogP contribution is 1.82. The number of hydrogen-bond acceptors (Lipinski definition) is 2. The van der Waals surface area contributed by atoms with Crippen molar-refractivity contribution in [1.29, 1.82) is 0 Å². The summed E-state index contributed by atoms with van der Waals surface area (Å²) < 4.78 is 0. The van der Waals surface area contributed by atoms with E-state index in [0.29, 0.717) is 6.54 Å². The molecule has 11 heavy (non-hydrogen) atoms. The first-order valence-electron chi connectivity index (χ1n) is 3.64. The standard InChI is InChI=1S/C8H13NO2/c1-3-9(4-2)7-5-6-8(10)11/h3-4,7H2,1-2H3,(H,10,11). The van der Waals surface area contributed by atoms with Crippen LogP contribution in [0.5, 0.6) is 0 Å². The Bertz CT molecular complexity index is 174. The van der Waals surface area contributed by atoms with Crippen molar-refractivity contribution in [2.75, 3.05) is 19.6 Å². The Hall–Kier alpha value is -1.01. The summed E-state index contributed by atoms with van der Waals surface area (Å²) in [5.74, 6) is 3.57. The zero-order valence-corrected chi connectivity index (χ0v) is 6.92. The van der Waals surface area contributed by atoms with Gasteiger partial charge in [0.25, 0.3) is 0 Å². The predicted molar refractivity (Wildman–Crippen MR) is 43.2 cm³/mol. The molecule has 0 aromatic rings. The van der Waals surface area contributed by atoms with Crippen LogP contribution < -0.4 is 0 Å². The first-order valence-corrected chi connectivity index (χ1v) is 3.64. The quantitative estimate of drug-likeness (QED) is 0.600. The first kappa shape index (κ1) is 9.99. The number of hydrogen-bond donors (Lipinski definition) is 1. The summed E-state index contributed by atoms with van der Waals surface area (Å²) >= 11 is 0. The number of carbonyl (C=O) groups is 1. The third-order valence-electron chi connectivity index (χ3n) is 1.39. The fourth-order valence-electron chi connectivity index (χ4n) is 0.674. The molecule has 1 N–H and O–H groups in total. The summed E-state index contributed by atoms with van der Waals surface area (Å²) in [5, 5.41) is 8.18. The Morgan fingerprint density at radius 2 is 2.00 bits per heavy atom. The molecule has 3 nitrogen and oxygen atoms in total. The van der Waals surface area contributed by atoms with E-state index in [0.717, 1.165) is 13.1 Å². The largest absolute Gasteiger partial charge is 0.472 e. The van der Waals surface area contributed by atoms with E-state index in [2.05, 4.69) is 16.7 Å². The maximum Gasteiger partial charge on any atom is 0.381 e. The number of carboxylic acid groups (broad SMARTS) is 1. The fourth-order valence-corrected chi connectivity index (χ4v) is 0.674. The summed E-state index contributed by atoms with van der Waals surface area (Å²) in [7, 11) is 0. The SMILES string of the molecule is CCN(CC)CC#CC(=O)O. The minimum Gasteiger partial charge on any atom is -0.472 e. The Labute approximate surface area is 67.0 Å². The van der Waals surface area contributed by atoms with Crippen LogP contribution in [-0.4, -0.2) is 35.6 Å². The van der Waals surface area contributed by atoms with Crippen LogP contribution in [0.25, 0.3) is 0 Å². The van der Waals surface area contributed by atoms with E-state index in [1.54, 1.807) is 0 Å². The molecule has 0 rings (SSSR count). The summed E-state index contributed by atoms with van der Waals surface area (Å²) in [6.45, 7) is 6.40. The zero-order valence-electron chi connectivity index (χ0n) is 6.92. The smallest absolute Gasteiger partial charge is 0.381 e. The molecule has 0 atom stereocenters. The number of aliphatic carboxylic acids is 1. The van der Waals surface area contributed by atoms with E-state index in [4.69, 9.17) is 5.11 Å². The van der Waals surface area contributed by atoms with Crippen LogP contribution in [0.2, 0.25) is 0 Å². The lowest BCUT2D eigenvalue weighted by molar-refractivity contribution is -0.130. The van der Waals surface area contributed by atoms with Crippen LogP contribution in [0.15, 0.2) is 0 Å². The molecule has 0 unspecified atom stereocenters. The van der Waals surface area contributed by atoms with Crippen LogP contribution in [0.1, 0.15) is 13.8 Å². The molecular formula is C8H13NO2. The van der Waals surface area contributed by atoms with Crippen molar-refractivity contribution in [2.45, 2.75) is 13.8 Å². The highest BCUT2D eigenvalue weighted by molar-refractivity contribution is 5.86. The summed E-state index contributed by atoms with van der Waals surface area (Å²) in [4.78, 5) is 12.0. The third-order valence-corrected chi connectivity index (χ3v) is 1.39. The van der Waals surface area contributed by atoms with Crippen LogP contribution in [0, 0.1) is 11.8 Å². The monoisotopic (exact) mass is 155 g/mol.